The van der Waals surface area contributed by atoms with Gasteiger partial charge in [0.1, 0.15) is 0 Å². The molecule has 0 bridgehead atoms. The molecule has 112 valence electrons. The SMILES string of the molecule is CCC1CCN(S(=O)(=O)c2ccc3ccccc3c2)CC1. The molecule has 0 unspecified atom stereocenters. The first-order valence-electron chi connectivity index (χ1n) is 7.60. The normalized spacial score (nSPS) is 18.1. The molecular weight excluding hydrogens is 282 g/mol. The van der Waals surface area contributed by atoms with Crippen LogP contribution in [0.25, 0.3) is 10.8 Å². The molecule has 1 aliphatic heterocycles. The van der Waals surface area contributed by atoms with E-state index in [-0.39, 0.29) is 0 Å². The van der Waals surface area contributed by atoms with Crippen molar-refractivity contribution in [2.75, 3.05) is 13.1 Å². The van der Waals surface area contributed by atoms with E-state index in [1.54, 1.807) is 16.4 Å². The molecule has 0 N–H and O–H groups in total. The van der Waals surface area contributed by atoms with Crippen LogP contribution in [0.1, 0.15) is 26.2 Å². The Hall–Kier alpha value is -1.39. The molecule has 0 aliphatic carbocycles. The number of rotatable bonds is 3. The van der Waals surface area contributed by atoms with Crippen LogP contribution in [0, 0.1) is 5.92 Å². The van der Waals surface area contributed by atoms with Gasteiger partial charge >= 0.3 is 0 Å². The van der Waals surface area contributed by atoms with Crippen LogP contribution in [0.4, 0.5) is 0 Å². The van der Waals surface area contributed by atoms with Crippen LogP contribution >= 0.6 is 0 Å². The first-order chi connectivity index (χ1) is 10.1. The third kappa shape index (κ3) is 2.83. The summed E-state index contributed by atoms with van der Waals surface area (Å²) in [5.74, 6) is 0.674. The molecule has 3 rings (SSSR count). The first-order valence-corrected chi connectivity index (χ1v) is 9.04. The van der Waals surface area contributed by atoms with E-state index in [0.717, 1.165) is 30.0 Å². The molecule has 0 saturated carbocycles. The lowest BCUT2D eigenvalue weighted by Crippen LogP contribution is -2.38. The van der Waals surface area contributed by atoms with Gasteiger partial charge in [-0.25, -0.2) is 8.42 Å². The van der Waals surface area contributed by atoms with Crippen molar-refractivity contribution >= 4 is 20.8 Å². The van der Waals surface area contributed by atoms with Crippen LogP contribution in [0.3, 0.4) is 0 Å². The van der Waals surface area contributed by atoms with Gasteiger partial charge in [-0.1, -0.05) is 43.7 Å². The van der Waals surface area contributed by atoms with Crippen molar-refractivity contribution < 1.29 is 8.42 Å². The van der Waals surface area contributed by atoms with Crippen LogP contribution in [0.5, 0.6) is 0 Å². The van der Waals surface area contributed by atoms with E-state index in [9.17, 15) is 8.42 Å². The van der Waals surface area contributed by atoms with Gasteiger partial charge in [0.15, 0.2) is 0 Å². The molecule has 0 atom stereocenters. The standard InChI is InChI=1S/C17H21NO2S/c1-2-14-9-11-18(12-10-14)21(19,20)17-8-7-15-5-3-4-6-16(15)13-17/h3-8,13-14H,2,9-12H2,1H3. The molecule has 1 fully saturated rings. The summed E-state index contributed by atoms with van der Waals surface area (Å²) in [5, 5.41) is 2.04. The minimum atomic E-state index is -3.35. The zero-order valence-electron chi connectivity index (χ0n) is 12.3. The highest BCUT2D eigenvalue weighted by Crippen LogP contribution is 2.27. The number of nitrogens with zero attached hydrogens (tertiary/aromatic N) is 1. The molecule has 0 radical (unpaired) electrons. The summed E-state index contributed by atoms with van der Waals surface area (Å²) in [6.07, 6.45) is 3.09. The van der Waals surface area contributed by atoms with Gasteiger partial charge in [-0.3, -0.25) is 0 Å². The van der Waals surface area contributed by atoms with Gasteiger partial charge in [0, 0.05) is 13.1 Å². The Bertz CT molecular complexity index is 731. The van der Waals surface area contributed by atoms with Gasteiger partial charge in [0.05, 0.1) is 4.90 Å². The summed E-state index contributed by atoms with van der Waals surface area (Å²) in [5.41, 5.74) is 0. The second kappa shape index (κ2) is 5.78. The lowest BCUT2D eigenvalue weighted by atomic mass is 9.96. The smallest absolute Gasteiger partial charge is 0.207 e. The van der Waals surface area contributed by atoms with Crippen LogP contribution in [-0.2, 0) is 10.0 Å². The maximum absolute atomic E-state index is 12.8. The van der Waals surface area contributed by atoms with E-state index >= 15 is 0 Å². The molecule has 1 heterocycles. The number of benzene rings is 2. The predicted molar refractivity (Wildman–Crippen MR) is 85.7 cm³/mol. The fourth-order valence-electron chi connectivity index (χ4n) is 3.03. The summed E-state index contributed by atoms with van der Waals surface area (Å²) in [6, 6.07) is 13.3. The molecular formula is C17H21NO2S. The second-order valence-corrected chi connectivity index (χ2v) is 7.70. The topological polar surface area (TPSA) is 37.4 Å². The number of hydrogen-bond acceptors (Lipinski definition) is 2. The molecule has 2 aromatic rings. The molecule has 1 saturated heterocycles. The van der Waals surface area contributed by atoms with Crippen LogP contribution in [0.15, 0.2) is 47.4 Å². The Kier molecular flexibility index (Phi) is 4.00. The van der Waals surface area contributed by atoms with E-state index in [1.807, 2.05) is 30.3 Å². The van der Waals surface area contributed by atoms with E-state index in [4.69, 9.17) is 0 Å². The van der Waals surface area contributed by atoms with Gasteiger partial charge in [-0.2, -0.15) is 4.31 Å². The van der Waals surface area contributed by atoms with E-state index in [1.165, 1.54) is 0 Å². The summed E-state index contributed by atoms with van der Waals surface area (Å²) in [4.78, 5) is 0.413. The van der Waals surface area contributed by atoms with E-state index < -0.39 is 10.0 Å². The summed E-state index contributed by atoms with van der Waals surface area (Å²) in [6.45, 7) is 3.47. The Morgan fingerprint density at radius 1 is 1.05 bits per heavy atom. The minimum Gasteiger partial charge on any atom is -0.207 e. The molecule has 4 heteroatoms. The van der Waals surface area contributed by atoms with Crippen LogP contribution < -0.4 is 0 Å². The zero-order valence-corrected chi connectivity index (χ0v) is 13.1. The lowest BCUT2D eigenvalue weighted by molar-refractivity contribution is 0.269. The molecule has 1 aliphatic rings. The minimum absolute atomic E-state index is 0.413. The quantitative estimate of drug-likeness (QED) is 0.868. The Balaban J connectivity index is 1.89. The highest BCUT2D eigenvalue weighted by Gasteiger charge is 2.28. The Morgan fingerprint density at radius 2 is 1.71 bits per heavy atom. The van der Waals surface area contributed by atoms with Crippen molar-refractivity contribution in [1.29, 1.82) is 0 Å². The molecule has 21 heavy (non-hydrogen) atoms. The molecule has 0 aromatic heterocycles. The van der Waals surface area contributed by atoms with Crippen LogP contribution in [0.2, 0.25) is 0 Å². The summed E-state index contributed by atoms with van der Waals surface area (Å²) < 4.78 is 27.1. The second-order valence-electron chi connectivity index (χ2n) is 5.76. The average Bonchev–Trinajstić information content (AvgIpc) is 2.54. The average molecular weight is 303 g/mol. The van der Waals surface area contributed by atoms with Gasteiger partial charge in [0.2, 0.25) is 10.0 Å². The van der Waals surface area contributed by atoms with E-state index in [0.29, 0.717) is 23.9 Å². The van der Waals surface area contributed by atoms with Gasteiger partial charge < -0.3 is 0 Å². The molecule has 2 aromatic carbocycles. The van der Waals surface area contributed by atoms with Crippen molar-refractivity contribution in [2.24, 2.45) is 5.92 Å². The highest BCUT2D eigenvalue weighted by molar-refractivity contribution is 7.89. The van der Waals surface area contributed by atoms with Crippen molar-refractivity contribution in [3.63, 3.8) is 0 Å². The number of hydrogen-bond donors (Lipinski definition) is 0. The lowest BCUT2D eigenvalue weighted by Gasteiger charge is -2.30. The van der Waals surface area contributed by atoms with Crippen molar-refractivity contribution in [1.82, 2.24) is 4.31 Å². The van der Waals surface area contributed by atoms with Crippen molar-refractivity contribution in [2.45, 2.75) is 31.1 Å². The van der Waals surface area contributed by atoms with Crippen LogP contribution in [-0.4, -0.2) is 25.8 Å². The predicted octanol–water partition coefficient (Wildman–Crippen LogP) is 3.65. The van der Waals surface area contributed by atoms with Crippen molar-refractivity contribution in [3.8, 4) is 0 Å². The summed E-state index contributed by atoms with van der Waals surface area (Å²) >= 11 is 0. The van der Waals surface area contributed by atoms with Gasteiger partial charge in [-0.05, 0) is 41.7 Å². The largest absolute Gasteiger partial charge is 0.243 e. The highest BCUT2D eigenvalue weighted by atomic mass is 32.2. The Morgan fingerprint density at radius 3 is 2.38 bits per heavy atom. The fourth-order valence-corrected chi connectivity index (χ4v) is 4.54. The number of fused-ring (bicyclic) bond motifs is 1. The van der Waals surface area contributed by atoms with E-state index in [2.05, 4.69) is 6.92 Å². The third-order valence-corrected chi connectivity index (χ3v) is 6.40. The van der Waals surface area contributed by atoms with Crippen molar-refractivity contribution in [3.05, 3.63) is 42.5 Å². The first kappa shape index (κ1) is 14.5. The molecule has 0 spiro atoms. The third-order valence-electron chi connectivity index (χ3n) is 4.51. The maximum Gasteiger partial charge on any atom is 0.243 e. The monoisotopic (exact) mass is 303 g/mol. The maximum atomic E-state index is 12.8. The molecule has 3 nitrogen and oxygen atoms in total. The van der Waals surface area contributed by atoms with Gasteiger partial charge in [0.25, 0.3) is 0 Å². The number of sulfonamides is 1. The zero-order chi connectivity index (χ0) is 14.9. The summed E-state index contributed by atoms with van der Waals surface area (Å²) in [7, 11) is -3.35. The van der Waals surface area contributed by atoms with Gasteiger partial charge in [-0.15, -0.1) is 0 Å². The Labute approximate surface area is 126 Å². The number of piperidine rings is 1. The molecule has 0 amide bonds. The fraction of sp³-hybridized carbons (Fsp3) is 0.412.